The van der Waals surface area contributed by atoms with Crippen molar-refractivity contribution in [2.75, 3.05) is 36.7 Å². The van der Waals surface area contributed by atoms with Crippen LogP contribution in [0.4, 0.5) is 10.8 Å². The summed E-state index contributed by atoms with van der Waals surface area (Å²) in [5.74, 6) is -0.112. The summed E-state index contributed by atoms with van der Waals surface area (Å²) in [4.78, 5) is 29.2. The van der Waals surface area contributed by atoms with Crippen LogP contribution in [0.5, 0.6) is 0 Å². The van der Waals surface area contributed by atoms with Crippen LogP contribution in [-0.4, -0.2) is 59.5 Å². The topological polar surface area (TPSA) is 78.4 Å². The van der Waals surface area contributed by atoms with E-state index in [9.17, 15) is 9.59 Å². The maximum absolute atomic E-state index is 12.8. The van der Waals surface area contributed by atoms with Crippen molar-refractivity contribution >= 4 is 45.6 Å². The molecule has 2 heterocycles. The zero-order chi connectivity index (χ0) is 21.2. The number of nitrogens with one attached hydrogen (secondary N) is 1. The van der Waals surface area contributed by atoms with Gasteiger partial charge in [-0.15, -0.1) is 21.8 Å². The van der Waals surface area contributed by atoms with Crippen molar-refractivity contribution in [3.63, 3.8) is 0 Å². The number of amides is 2. The van der Waals surface area contributed by atoms with E-state index in [0.29, 0.717) is 18.1 Å². The SMILES string of the molecule is CN(C)c1ccc(-c2nnc(NC(=O)C3CCCN3C(=O)C(C)(C)CCl)s2)cc1. The molecule has 7 nitrogen and oxygen atoms in total. The number of anilines is 2. The number of alkyl halides is 1. The molecule has 1 unspecified atom stereocenters. The van der Waals surface area contributed by atoms with Crippen molar-refractivity contribution in [3.05, 3.63) is 24.3 Å². The Labute approximate surface area is 180 Å². The Bertz CT molecular complexity index is 881. The smallest absolute Gasteiger partial charge is 0.249 e. The molecule has 1 fully saturated rings. The monoisotopic (exact) mass is 435 g/mol. The van der Waals surface area contributed by atoms with E-state index in [0.717, 1.165) is 22.7 Å². The van der Waals surface area contributed by atoms with Gasteiger partial charge in [0.05, 0.1) is 5.41 Å². The van der Waals surface area contributed by atoms with Crippen LogP contribution in [-0.2, 0) is 9.59 Å². The van der Waals surface area contributed by atoms with Gasteiger partial charge in [0.25, 0.3) is 0 Å². The fraction of sp³-hybridized carbons (Fsp3) is 0.500. The van der Waals surface area contributed by atoms with Gasteiger partial charge in [0.2, 0.25) is 16.9 Å². The van der Waals surface area contributed by atoms with E-state index in [-0.39, 0.29) is 17.7 Å². The molecule has 29 heavy (non-hydrogen) atoms. The van der Waals surface area contributed by atoms with Crippen LogP contribution < -0.4 is 10.2 Å². The number of carbonyl (C=O) groups is 2. The van der Waals surface area contributed by atoms with Gasteiger partial charge >= 0.3 is 0 Å². The summed E-state index contributed by atoms with van der Waals surface area (Å²) in [6.07, 6.45) is 1.43. The van der Waals surface area contributed by atoms with E-state index in [2.05, 4.69) is 15.5 Å². The first-order chi connectivity index (χ1) is 13.7. The average molecular weight is 436 g/mol. The Morgan fingerprint density at radius 2 is 1.97 bits per heavy atom. The zero-order valence-electron chi connectivity index (χ0n) is 17.1. The molecule has 3 rings (SSSR count). The number of rotatable bonds is 6. The highest BCUT2D eigenvalue weighted by molar-refractivity contribution is 7.18. The van der Waals surface area contributed by atoms with Crippen molar-refractivity contribution in [3.8, 4) is 10.6 Å². The van der Waals surface area contributed by atoms with E-state index in [4.69, 9.17) is 11.6 Å². The maximum atomic E-state index is 12.8. The molecule has 1 aliphatic rings. The number of hydrogen-bond donors (Lipinski definition) is 1. The van der Waals surface area contributed by atoms with Gasteiger partial charge in [-0.3, -0.25) is 14.9 Å². The Morgan fingerprint density at radius 3 is 2.59 bits per heavy atom. The third-order valence-corrected chi connectivity index (χ3v) is 6.57. The third kappa shape index (κ3) is 4.70. The van der Waals surface area contributed by atoms with Gasteiger partial charge in [-0.1, -0.05) is 11.3 Å². The van der Waals surface area contributed by atoms with E-state index in [1.54, 1.807) is 18.7 Å². The number of hydrogen-bond acceptors (Lipinski definition) is 6. The molecular weight excluding hydrogens is 410 g/mol. The first kappa shape index (κ1) is 21.5. The van der Waals surface area contributed by atoms with Gasteiger partial charge < -0.3 is 9.80 Å². The average Bonchev–Trinajstić information content (AvgIpc) is 3.37. The van der Waals surface area contributed by atoms with Gasteiger partial charge in [-0.25, -0.2) is 0 Å². The van der Waals surface area contributed by atoms with Crippen molar-refractivity contribution in [1.82, 2.24) is 15.1 Å². The van der Waals surface area contributed by atoms with Crippen LogP contribution in [0, 0.1) is 5.41 Å². The molecule has 1 aromatic heterocycles. The largest absolute Gasteiger partial charge is 0.378 e. The molecule has 9 heteroatoms. The standard InChI is InChI=1S/C20H26ClN5O2S/c1-20(2,12-21)18(28)26-11-5-6-15(26)16(27)22-19-24-23-17(29-19)13-7-9-14(10-8-13)25(3)4/h7-10,15H,5-6,11-12H2,1-4H3,(H,22,24,27). The van der Waals surface area contributed by atoms with Crippen molar-refractivity contribution < 1.29 is 9.59 Å². The molecule has 1 N–H and O–H groups in total. The Kier molecular flexibility index (Phi) is 6.43. The molecule has 0 radical (unpaired) electrons. The van der Waals surface area contributed by atoms with Crippen LogP contribution in [0.3, 0.4) is 0 Å². The number of benzene rings is 1. The molecule has 2 aromatic rings. The number of carbonyl (C=O) groups excluding carboxylic acids is 2. The van der Waals surface area contributed by atoms with Crippen molar-refractivity contribution in [1.29, 1.82) is 0 Å². The van der Waals surface area contributed by atoms with Crippen LogP contribution in [0.25, 0.3) is 10.6 Å². The number of nitrogens with zero attached hydrogens (tertiary/aromatic N) is 4. The Morgan fingerprint density at radius 1 is 1.28 bits per heavy atom. The third-order valence-electron chi connectivity index (χ3n) is 5.02. The molecule has 0 spiro atoms. The highest BCUT2D eigenvalue weighted by atomic mass is 35.5. The predicted molar refractivity (Wildman–Crippen MR) is 118 cm³/mol. The van der Waals surface area contributed by atoms with E-state index < -0.39 is 11.5 Å². The second-order valence-corrected chi connectivity index (χ2v) is 9.26. The first-order valence-corrected chi connectivity index (χ1v) is 10.9. The summed E-state index contributed by atoms with van der Waals surface area (Å²) in [6, 6.07) is 7.47. The minimum absolute atomic E-state index is 0.0934. The van der Waals surface area contributed by atoms with Gasteiger partial charge in [0.15, 0.2) is 0 Å². The van der Waals surface area contributed by atoms with Crippen LogP contribution in [0.2, 0.25) is 0 Å². The molecule has 2 amide bonds. The maximum Gasteiger partial charge on any atom is 0.249 e. The van der Waals surface area contributed by atoms with Crippen LogP contribution in [0.15, 0.2) is 24.3 Å². The zero-order valence-corrected chi connectivity index (χ0v) is 18.7. The van der Waals surface area contributed by atoms with Gasteiger partial charge in [0, 0.05) is 37.8 Å². The molecule has 0 bridgehead atoms. The van der Waals surface area contributed by atoms with Crippen LogP contribution >= 0.6 is 22.9 Å². The minimum atomic E-state index is -0.695. The van der Waals surface area contributed by atoms with Crippen molar-refractivity contribution in [2.24, 2.45) is 5.41 Å². The molecule has 1 aliphatic heterocycles. The molecule has 1 aromatic carbocycles. The quantitative estimate of drug-likeness (QED) is 0.703. The highest BCUT2D eigenvalue weighted by Crippen LogP contribution is 2.30. The summed E-state index contributed by atoms with van der Waals surface area (Å²) < 4.78 is 0. The van der Waals surface area contributed by atoms with E-state index >= 15 is 0 Å². The normalized spacial score (nSPS) is 16.7. The molecule has 0 saturated carbocycles. The molecular formula is C20H26ClN5O2S. The lowest BCUT2D eigenvalue weighted by Gasteiger charge is -2.31. The number of aromatic nitrogens is 2. The number of likely N-dealkylation sites (tertiary alicyclic amines) is 1. The summed E-state index contributed by atoms with van der Waals surface area (Å²) in [5.41, 5.74) is 1.34. The fourth-order valence-corrected chi connectivity index (χ4v) is 4.08. The fourth-order valence-electron chi connectivity index (χ4n) is 3.21. The molecule has 156 valence electrons. The van der Waals surface area contributed by atoms with Gasteiger partial charge in [-0.05, 0) is 51.0 Å². The predicted octanol–water partition coefficient (Wildman–Crippen LogP) is 3.47. The van der Waals surface area contributed by atoms with Gasteiger partial charge in [0.1, 0.15) is 11.0 Å². The van der Waals surface area contributed by atoms with E-state index in [1.165, 1.54) is 11.3 Å². The number of halogens is 1. The molecule has 1 saturated heterocycles. The first-order valence-electron chi connectivity index (χ1n) is 9.52. The lowest BCUT2D eigenvalue weighted by Crippen LogP contribution is -2.48. The van der Waals surface area contributed by atoms with Crippen molar-refractivity contribution in [2.45, 2.75) is 32.7 Å². The summed E-state index contributed by atoms with van der Waals surface area (Å²) >= 11 is 7.26. The minimum Gasteiger partial charge on any atom is -0.378 e. The molecule has 1 atom stereocenters. The lowest BCUT2D eigenvalue weighted by molar-refractivity contribution is -0.143. The summed E-state index contributed by atoms with van der Waals surface area (Å²) in [7, 11) is 3.97. The Hall–Kier alpha value is -2.19. The molecule has 0 aliphatic carbocycles. The van der Waals surface area contributed by atoms with Gasteiger partial charge in [-0.2, -0.15) is 0 Å². The second-order valence-electron chi connectivity index (χ2n) is 8.02. The summed E-state index contributed by atoms with van der Waals surface area (Å²) in [6.45, 7) is 4.17. The lowest BCUT2D eigenvalue weighted by atomic mass is 9.94. The van der Waals surface area contributed by atoms with E-state index in [1.807, 2.05) is 43.3 Å². The summed E-state index contributed by atoms with van der Waals surface area (Å²) in [5, 5.41) is 12.3. The van der Waals surface area contributed by atoms with Crippen LogP contribution in [0.1, 0.15) is 26.7 Å². The second kappa shape index (κ2) is 8.67. The Balaban J connectivity index is 1.69. The highest BCUT2D eigenvalue weighted by Gasteiger charge is 2.40.